The highest BCUT2D eigenvalue weighted by Gasteiger charge is 2.13. The van der Waals surface area contributed by atoms with Crippen molar-refractivity contribution in [3.8, 4) is 11.8 Å². The Morgan fingerprint density at radius 2 is 2.27 bits per heavy atom. The van der Waals surface area contributed by atoms with Crippen molar-refractivity contribution in [3.05, 3.63) is 35.8 Å². The molecule has 0 unspecified atom stereocenters. The van der Waals surface area contributed by atoms with Crippen LogP contribution in [0.2, 0.25) is 0 Å². The number of hydrogen-bond donors (Lipinski definition) is 3. The molecular weight excluding hydrogens is 286 g/mol. The first-order chi connectivity index (χ1) is 10.5. The number of aromatic nitrogens is 4. The molecule has 1 amide bonds. The zero-order chi connectivity index (χ0) is 16.1. The van der Waals surface area contributed by atoms with E-state index in [4.69, 9.17) is 5.26 Å². The Hall–Kier alpha value is -3.41. The van der Waals surface area contributed by atoms with Gasteiger partial charge < -0.3 is 15.3 Å². The van der Waals surface area contributed by atoms with E-state index in [9.17, 15) is 9.90 Å². The lowest BCUT2D eigenvalue weighted by Gasteiger charge is -2.12. The van der Waals surface area contributed by atoms with E-state index < -0.39 is 0 Å². The van der Waals surface area contributed by atoms with E-state index in [-0.39, 0.29) is 28.6 Å². The van der Waals surface area contributed by atoms with Gasteiger partial charge in [0.15, 0.2) is 0 Å². The minimum Gasteiger partial charge on any atom is -0.507 e. The van der Waals surface area contributed by atoms with Gasteiger partial charge in [-0.15, -0.1) is 10.2 Å². The van der Waals surface area contributed by atoms with Gasteiger partial charge in [-0.2, -0.15) is 10.5 Å². The van der Waals surface area contributed by atoms with E-state index in [1.54, 1.807) is 20.2 Å². The number of carbonyl (C=O) groups is 1. The highest BCUT2D eigenvalue weighted by atomic mass is 16.3. The molecule has 9 heteroatoms. The Bertz CT molecular complexity index is 744. The van der Waals surface area contributed by atoms with Crippen LogP contribution < -0.4 is 5.32 Å². The molecule has 0 spiro atoms. The fourth-order valence-corrected chi connectivity index (χ4v) is 1.62. The predicted molar refractivity (Wildman–Crippen MR) is 77.5 cm³/mol. The van der Waals surface area contributed by atoms with E-state index in [0.29, 0.717) is 5.69 Å². The summed E-state index contributed by atoms with van der Waals surface area (Å²) in [5.74, 6) is -0.297. The number of tetrazole rings is 1. The van der Waals surface area contributed by atoms with Crippen LogP contribution >= 0.6 is 0 Å². The average molecular weight is 299 g/mol. The number of carbonyl (C=O) groups excluding carboxylic acids is 1. The van der Waals surface area contributed by atoms with Crippen molar-refractivity contribution < 1.29 is 9.90 Å². The molecule has 9 nitrogen and oxygen atoms in total. The molecule has 22 heavy (non-hydrogen) atoms. The van der Waals surface area contributed by atoms with Gasteiger partial charge in [0.1, 0.15) is 17.4 Å². The fraction of sp³-hybridized carbons (Fsp3) is 0.154. The summed E-state index contributed by atoms with van der Waals surface area (Å²) in [4.78, 5) is 13.3. The van der Waals surface area contributed by atoms with E-state index in [2.05, 4.69) is 25.9 Å². The number of hydrogen-bond acceptors (Lipinski definition) is 7. The zero-order valence-corrected chi connectivity index (χ0v) is 11.9. The summed E-state index contributed by atoms with van der Waals surface area (Å²) in [7, 11) is 3.18. The number of amides is 1. The number of H-pyrrole nitrogens is 1. The molecule has 2 aromatic rings. The molecular formula is C13H13N7O2. The van der Waals surface area contributed by atoms with Crippen molar-refractivity contribution in [1.29, 1.82) is 5.26 Å². The smallest absolute Gasteiger partial charge is 0.257 e. The van der Waals surface area contributed by atoms with E-state index in [0.717, 1.165) is 0 Å². The SMILES string of the molecule is CN(C)C(=O)c1cc(NC=C(C#N)c2nn[nH]n2)ccc1O. The Balaban J connectivity index is 2.26. The van der Waals surface area contributed by atoms with Gasteiger partial charge >= 0.3 is 0 Å². The summed E-state index contributed by atoms with van der Waals surface area (Å²) in [6, 6.07) is 6.39. The van der Waals surface area contributed by atoms with Crippen LogP contribution in [-0.2, 0) is 0 Å². The number of rotatable bonds is 4. The van der Waals surface area contributed by atoms with Crippen LogP contribution in [0.4, 0.5) is 5.69 Å². The number of nitrogens with zero attached hydrogens (tertiary/aromatic N) is 5. The first-order valence-corrected chi connectivity index (χ1v) is 6.18. The number of phenolic OH excluding ortho intramolecular Hbond substituents is 1. The first-order valence-electron chi connectivity index (χ1n) is 6.18. The maximum absolute atomic E-state index is 11.9. The van der Waals surface area contributed by atoms with E-state index in [1.807, 2.05) is 6.07 Å². The number of nitriles is 1. The second-order valence-electron chi connectivity index (χ2n) is 4.48. The summed E-state index contributed by atoms with van der Waals surface area (Å²) in [5, 5.41) is 34.7. The summed E-state index contributed by atoms with van der Waals surface area (Å²) < 4.78 is 0. The van der Waals surface area contributed by atoms with E-state index >= 15 is 0 Å². The molecule has 0 atom stereocenters. The first kappa shape index (κ1) is 15.0. The minimum absolute atomic E-state index is 0.119. The van der Waals surface area contributed by atoms with Crippen molar-refractivity contribution in [1.82, 2.24) is 25.5 Å². The van der Waals surface area contributed by atoms with Gasteiger partial charge in [-0.25, -0.2) is 0 Å². The number of phenols is 1. The highest BCUT2D eigenvalue weighted by molar-refractivity contribution is 5.97. The molecule has 0 radical (unpaired) electrons. The molecule has 0 aliphatic heterocycles. The van der Waals surface area contributed by atoms with Crippen LogP contribution in [0.5, 0.6) is 5.75 Å². The Morgan fingerprint density at radius 1 is 1.50 bits per heavy atom. The normalized spacial score (nSPS) is 10.9. The summed E-state index contributed by atoms with van der Waals surface area (Å²) in [6.45, 7) is 0. The molecule has 2 rings (SSSR count). The number of benzene rings is 1. The lowest BCUT2D eigenvalue weighted by atomic mass is 10.1. The third-order valence-corrected chi connectivity index (χ3v) is 2.72. The van der Waals surface area contributed by atoms with Crippen molar-refractivity contribution in [2.75, 3.05) is 19.4 Å². The van der Waals surface area contributed by atoms with Crippen LogP contribution in [0, 0.1) is 11.3 Å². The average Bonchev–Trinajstić information content (AvgIpc) is 3.03. The van der Waals surface area contributed by atoms with Gasteiger partial charge in [0, 0.05) is 26.0 Å². The zero-order valence-electron chi connectivity index (χ0n) is 11.9. The largest absolute Gasteiger partial charge is 0.507 e. The van der Waals surface area contributed by atoms with Gasteiger partial charge in [0.2, 0.25) is 5.82 Å². The molecule has 0 aliphatic carbocycles. The Labute approximate surface area is 125 Å². The molecule has 0 fully saturated rings. The number of aromatic hydroxyl groups is 1. The summed E-state index contributed by atoms with van der Waals surface area (Å²) >= 11 is 0. The molecule has 1 aromatic heterocycles. The third-order valence-electron chi connectivity index (χ3n) is 2.72. The standard InChI is InChI=1S/C13H13N7O2/c1-20(2)13(22)10-5-9(3-4-11(10)21)15-7-8(6-14)12-16-18-19-17-12/h3-5,7,15,21H,1-2H3,(H,16,17,18,19). The lowest BCUT2D eigenvalue weighted by Crippen LogP contribution is -2.21. The second-order valence-corrected chi connectivity index (χ2v) is 4.48. The van der Waals surface area contributed by atoms with Gasteiger partial charge in [-0.3, -0.25) is 4.79 Å². The number of nitrogens with one attached hydrogen (secondary N) is 2. The number of aromatic amines is 1. The third kappa shape index (κ3) is 3.18. The molecule has 1 aromatic carbocycles. The second kappa shape index (κ2) is 6.36. The molecule has 0 saturated heterocycles. The van der Waals surface area contributed by atoms with Crippen molar-refractivity contribution in [2.24, 2.45) is 0 Å². The van der Waals surface area contributed by atoms with Gasteiger partial charge in [-0.1, -0.05) is 0 Å². The fourth-order valence-electron chi connectivity index (χ4n) is 1.62. The van der Waals surface area contributed by atoms with Gasteiger partial charge in [0.25, 0.3) is 5.91 Å². The van der Waals surface area contributed by atoms with Crippen molar-refractivity contribution in [3.63, 3.8) is 0 Å². The van der Waals surface area contributed by atoms with Crippen LogP contribution in [-0.4, -0.2) is 50.6 Å². The monoisotopic (exact) mass is 299 g/mol. The molecule has 112 valence electrons. The van der Waals surface area contributed by atoms with Crippen LogP contribution in [0.1, 0.15) is 16.2 Å². The maximum Gasteiger partial charge on any atom is 0.257 e. The van der Waals surface area contributed by atoms with Gasteiger partial charge in [-0.05, 0) is 23.4 Å². The Morgan fingerprint density at radius 3 is 2.86 bits per heavy atom. The van der Waals surface area contributed by atoms with Gasteiger partial charge in [0.05, 0.1) is 5.56 Å². The number of allylic oxidation sites excluding steroid dienone is 1. The summed E-state index contributed by atoms with van der Waals surface area (Å²) in [6.07, 6.45) is 1.39. The van der Waals surface area contributed by atoms with Crippen LogP contribution in [0.3, 0.4) is 0 Å². The number of anilines is 1. The molecule has 0 bridgehead atoms. The molecule has 3 N–H and O–H groups in total. The minimum atomic E-state index is -0.330. The topological polar surface area (TPSA) is 131 Å². The van der Waals surface area contributed by atoms with Crippen molar-refractivity contribution >= 4 is 17.2 Å². The summed E-state index contributed by atoms with van der Waals surface area (Å²) in [5.41, 5.74) is 0.850. The van der Waals surface area contributed by atoms with E-state index in [1.165, 1.54) is 23.2 Å². The van der Waals surface area contributed by atoms with Crippen LogP contribution in [0.15, 0.2) is 24.4 Å². The molecule has 0 saturated carbocycles. The van der Waals surface area contributed by atoms with Crippen LogP contribution in [0.25, 0.3) is 5.57 Å². The molecule has 1 heterocycles. The highest BCUT2D eigenvalue weighted by Crippen LogP contribution is 2.23. The molecule has 0 aliphatic rings. The predicted octanol–water partition coefficient (Wildman–Crippen LogP) is 0.584. The van der Waals surface area contributed by atoms with Crippen molar-refractivity contribution in [2.45, 2.75) is 0 Å². The quantitative estimate of drug-likeness (QED) is 0.556. The Kier molecular flexibility index (Phi) is 4.33. The maximum atomic E-state index is 11.9. The lowest BCUT2D eigenvalue weighted by molar-refractivity contribution is 0.0824.